The van der Waals surface area contributed by atoms with Crippen LogP contribution >= 0.6 is 0 Å². The predicted molar refractivity (Wildman–Crippen MR) is 68.6 cm³/mol. The third kappa shape index (κ3) is 8.16. The lowest BCUT2D eigenvalue weighted by molar-refractivity contribution is -0.143. The molecule has 0 amide bonds. The van der Waals surface area contributed by atoms with Crippen LogP contribution in [-0.4, -0.2) is 41.9 Å². The van der Waals surface area contributed by atoms with E-state index in [9.17, 15) is 9.90 Å². The molecular formula is C13H27NO3. The highest BCUT2D eigenvalue weighted by Gasteiger charge is 2.13. The molecule has 1 unspecified atom stereocenters. The van der Waals surface area contributed by atoms with Gasteiger partial charge in [0.15, 0.2) is 0 Å². The van der Waals surface area contributed by atoms with Gasteiger partial charge in [-0.3, -0.25) is 9.69 Å². The van der Waals surface area contributed by atoms with E-state index < -0.39 is 0 Å². The number of esters is 1. The minimum absolute atomic E-state index is 0.152. The van der Waals surface area contributed by atoms with Gasteiger partial charge < -0.3 is 9.84 Å². The molecule has 0 aliphatic carbocycles. The molecule has 0 fully saturated rings. The number of hydrogen-bond acceptors (Lipinski definition) is 4. The van der Waals surface area contributed by atoms with Crippen LogP contribution in [0, 0.1) is 0 Å². The van der Waals surface area contributed by atoms with Crippen LogP contribution in [0.4, 0.5) is 0 Å². The molecule has 0 spiro atoms. The number of carbonyl (C=O) groups excluding carboxylic acids is 1. The van der Waals surface area contributed by atoms with E-state index >= 15 is 0 Å². The van der Waals surface area contributed by atoms with Gasteiger partial charge in [0, 0.05) is 19.5 Å². The number of hydrogen-bond donors (Lipinski definition) is 1. The highest BCUT2D eigenvalue weighted by molar-refractivity contribution is 5.68. The van der Waals surface area contributed by atoms with Gasteiger partial charge in [-0.15, -0.1) is 0 Å². The van der Waals surface area contributed by atoms with E-state index in [0.717, 1.165) is 38.8 Å². The minimum atomic E-state index is -0.359. The van der Waals surface area contributed by atoms with Crippen molar-refractivity contribution in [2.75, 3.05) is 19.7 Å². The summed E-state index contributed by atoms with van der Waals surface area (Å²) in [4.78, 5) is 13.0. The second-order valence-corrected chi connectivity index (χ2v) is 4.23. The van der Waals surface area contributed by atoms with Crippen molar-refractivity contribution >= 4 is 5.97 Å². The number of carbonyl (C=O) groups is 1. The Balaban J connectivity index is 3.80. The van der Waals surface area contributed by atoms with E-state index in [0.29, 0.717) is 13.0 Å². The summed E-state index contributed by atoms with van der Waals surface area (Å²) in [5, 5.41) is 9.91. The maximum absolute atomic E-state index is 10.9. The monoisotopic (exact) mass is 245 g/mol. The molecular weight excluding hydrogens is 218 g/mol. The number of ether oxygens (including phenoxy) is 1. The highest BCUT2D eigenvalue weighted by atomic mass is 16.5. The van der Waals surface area contributed by atoms with Crippen LogP contribution in [0.25, 0.3) is 0 Å². The first-order valence-electron chi connectivity index (χ1n) is 6.73. The van der Waals surface area contributed by atoms with Gasteiger partial charge in [-0.05, 0) is 19.3 Å². The van der Waals surface area contributed by atoms with Crippen molar-refractivity contribution in [2.45, 2.75) is 59.1 Å². The molecule has 4 nitrogen and oxygen atoms in total. The number of aliphatic hydroxyl groups excluding tert-OH is 1. The smallest absolute Gasteiger partial charge is 0.305 e. The largest absolute Gasteiger partial charge is 0.466 e. The third-order valence-electron chi connectivity index (χ3n) is 2.62. The van der Waals surface area contributed by atoms with Gasteiger partial charge >= 0.3 is 5.97 Å². The lowest BCUT2D eigenvalue weighted by atomic mass is 10.2. The Morgan fingerprint density at radius 3 is 2.47 bits per heavy atom. The van der Waals surface area contributed by atoms with E-state index in [1.165, 1.54) is 0 Å². The summed E-state index contributed by atoms with van der Waals surface area (Å²) in [6.45, 7) is 8.08. The molecule has 0 saturated heterocycles. The standard InChI is InChI=1S/C13H27NO3/c1-4-8-12(15)14(9-5-2)10-7-11-17-13(16)6-3/h12,15H,4-11H2,1-3H3. The topological polar surface area (TPSA) is 49.8 Å². The van der Waals surface area contributed by atoms with Crippen LogP contribution in [0.1, 0.15) is 52.9 Å². The van der Waals surface area contributed by atoms with Crippen LogP contribution in [0.15, 0.2) is 0 Å². The van der Waals surface area contributed by atoms with Crippen LogP contribution in [0.5, 0.6) is 0 Å². The average molecular weight is 245 g/mol. The van der Waals surface area contributed by atoms with Gasteiger partial charge in [0.05, 0.1) is 6.61 Å². The summed E-state index contributed by atoms with van der Waals surface area (Å²) in [6.07, 6.45) is 3.65. The lowest BCUT2D eigenvalue weighted by Gasteiger charge is -2.27. The Kier molecular flexibility index (Phi) is 10.2. The molecule has 0 rings (SSSR count). The summed E-state index contributed by atoms with van der Waals surface area (Å²) in [7, 11) is 0. The van der Waals surface area contributed by atoms with E-state index in [1.807, 2.05) is 0 Å². The zero-order valence-corrected chi connectivity index (χ0v) is 11.4. The molecule has 17 heavy (non-hydrogen) atoms. The molecule has 1 atom stereocenters. The van der Waals surface area contributed by atoms with Crippen LogP contribution in [0.3, 0.4) is 0 Å². The average Bonchev–Trinajstić information content (AvgIpc) is 2.32. The molecule has 0 aromatic rings. The third-order valence-corrected chi connectivity index (χ3v) is 2.62. The molecule has 4 heteroatoms. The quantitative estimate of drug-likeness (QED) is 0.364. The first kappa shape index (κ1) is 16.4. The van der Waals surface area contributed by atoms with Crippen LogP contribution in [-0.2, 0) is 9.53 Å². The van der Waals surface area contributed by atoms with E-state index in [-0.39, 0.29) is 12.2 Å². The van der Waals surface area contributed by atoms with Crippen molar-refractivity contribution in [1.29, 1.82) is 0 Å². The van der Waals surface area contributed by atoms with Crippen molar-refractivity contribution < 1.29 is 14.6 Å². The van der Waals surface area contributed by atoms with Gasteiger partial charge in [-0.1, -0.05) is 27.2 Å². The van der Waals surface area contributed by atoms with Crippen molar-refractivity contribution in [1.82, 2.24) is 4.90 Å². The Hall–Kier alpha value is -0.610. The summed E-state index contributed by atoms with van der Waals surface area (Å²) >= 11 is 0. The second kappa shape index (κ2) is 10.5. The Morgan fingerprint density at radius 2 is 1.94 bits per heavy atom. The number of rotatable bonds is 10. The molecule has 0 radical (unpaired) electrons. The fourth-order valence-electron chi connectivity index (χ4n) is 1.69. The molecule has 0 aromatic heterocycles. The molecule has 102 valence electrons. The van der Waals surface area contributed by atoms with E-state index in [4.69, 9.17) is 4.74 Å². The fraction of sp³-hybridized carbons (Fsp3) is 0.923. The maximum atomic E-state index is 10.9. The van der Waals surface area contributed by atoms with Crippen molar-refractivity contribution in [3.8, 4) is 0 Å². The first-order chi connectivity index (χ1) is 8.15. The first-order valence-corrected chi connectivity index (χ1v) is 6.73. The lowest BCUT2D eigenvalue weighted by Crippen LogP contribution is -2.37. The molecule has 0 bridgehead atoms. The Morgan fingerprint density at radius 1 is 1.24 bits per heavy atom. The molecule has 0 aliphatic heterocycles. The minimum Gasteiger partial charge on any atom is -0.466 e. The summed E-state index contributed by atoms with van der Waals surface area (Å²) in [5.41, 5.74) is 0. The summed E-state index contributed by atoms with van der Waals surface area (Å²) in [6, 6.07) is 0. The zero-order valence-electron chi connectivity index (χ0n) is 11.4. The second-order valence-electron chi connectivity index (χ2n) is 4.23. The summed E-state index contributed by atoms with van der Waals surface area (Å²) in [5.74, 6) is -0.152. The maximum Gasteiger partial charge on any atom is 0.305 e. The van der Waals surface area contributed by atoms with E-state index in [2.05, 4.69) is 18.7 Å². The van der Waals surface area contributed by atoms with Gasteiger partial charge in [-0.25, -0.2) is 0 Å². The summed E-state index contributed by atoms with van der Waals surface area (Å²) < 4.78 is 5.01. The highest BCUT2D eigenvalue weighted by Crippen LogP contribution is 2.06. The molecule has 0 aliphatic rings. The van der Waals surface area contributed by atoms with E-state index in [1.54, 1.807) is 6.92 Å². The molecule has 0 aromatic carbocycles. The van der Waals surface area contributed by atoms with Crippen LogP contribution < -0.4 is 0 Å². The van der Waals surface area contributed by atoms with Gasteiger partial charge in [-0.2, -0.15) is 0 Å². The van der Waals surface area contributed by atoms with Crippen molar-refractivity contribution in [2.24, 2.45) is 0 Å². The van der Waals surface area contributed by atoms with Gasteiger partial charge in [0.2, 0.25) is 0 Å². The predicted octanol–water partition coefficient (Wildman–Crippen LogP) is 2.16. The van der Waals surface area contributed by atoms with Gasteiger partial charge in [0.25, 0.3) is 0 Å². The van der Waals surface area contributed by atoms with Crippen molar-refractivity contribution in [3.05, 3.63) is 0 Å². The number of aliphatic hydroxyl groups is 1. The van der Waals surface area contributed by atoms with Gasteiger partial charge in [0.1, 0.15) is 6.23 Å². The molecule has 0 saturated carbocycles. The fourth-order valence-corrected chi connectivity index (χ4v) is 1.69. The normalized spacial score (nSPS) is 12.8. The SMILES string of the molecule is CCCC(O)N(CCC)CCCOC(=O)CC. The van der Waals surface area contributed by atoms with Crippen LogP contribution in [0.2, 0.25) is 0 Å². The molecule has 1 N–H and O–H groups in total. The zero-order chi connectivity index (χ0) is 13.1. The Labute approximate surface area is 105 Å². The molecule has 0 heterocycles. The Bertz CT molecular complexity index is 197. The van der Waals surface area contributed by atoms with Crippen molar-refractivity contribution in [3.63, 3.8) is 0 Å². The number of nitrogens with zero attached hydrogens (tertiary/aromatic N) is 1.